The molecule has 0 saturated heterocycles. The third-order valence-electron chi connectivity index (χ3n) is 1.01. The van der Waals surface area contributed by atoms with E-state index in [1.807, 2.05) is 0 Å². The van der Waals surface area contributed by atoms with Crippen LogP contribution >= 0.6 is 23.2 Å². The van der Waals surface area contributed by atoms with Crippen molar-refractivity contribution in [3.05, 3.63) is 0 Å². The number of halogens is 2. The SMILES string of the molecule is CCCCNCC(Cl)Cl. The molecule has 1 nitrogen and oxygen atoms in total. The van der Waals surface area contributed by atoms with Crippen molar-refractivity contribution in [3.8, 4) is 0 Å². The monoisotopic (exact) mass is 169 g/mol. The van der Waals surface area contributed by atoms with Crippen LogP contribution in [0.4, 0.5) is 0 Å². The Bertz CT molecular complexity index is 57.0. The zero-order valence-electron chi connectivity index (χ0n) is 5.66. The van der Waals surface area contributed by atoms with Crippen LogP contribution < -0.4 is 5.32 Å². The van der Waals surface area contributed by atoms with Gasteiger partial charge in [0.2, 0.25) is 0 Å². The van der Waals surface area contributed by atoms with Crippen molar-refractivity contribution in [2.75, 3.05) is 13.1 Å². The maximum Gasteiger partial charge on any atom is 0.120 e. The second kappa shape index (κ2) is 6.66. The molecule has 0 aliphatic carbocycles. The lowest BCUT2D eigenvalue weighted by Gasteiger charge is -2.01. The molecule has 0 saturated carbocycles. The largest absolute Gasteiger partial charge is 0.314 e. The standard InChI is InChI=1S/C6H13Cl2N/c1-2-3-4-9-5-6(7)8/h6,9H,2-5H2,1H3. The molecule has 0 radical (unpaired) electrons. The van der Waals surface area contributed by atoms with Crippen LogP contribution in [0.15, 0.2) is 0 Å². The fourth-order valence-electron chi connectivity index (χ4n) is 0.513. The molecule has 0 aliphatic rings. The average molecular weight is 170 g/mol. The molecule has 0 amide bonds. The third kappa shape index (κ3) is 8.54. The molecule has 56 valence electrons. The van der Waals surface area contributed by atoms with E-state index in [2.05, 4.69) is 12.2 Å². The van der Waals surface area contributed by atoms with Gasteiger partial charge in [-0.2, -0.15) is 0 Å². The molecule has 9 heavy (non-hydrogen) atoms. The lowest BCUT2D eigenvalue weighted by atomic mass is 10.3. The first-order valence-corrected chi connectivity index (χ1v) is 4.13. The molecule has 0 aromatic carbocycles. The number of hydrogen-bond donors (Lipinski definition) is 1. The molecule has 0 aromatic heterocycles. The van der Waals surface area contributed by atoms with Crippen molar-refractivity contribution in [1.82, 2.24) is 5.32 Å². The summed E-state index contributed by atoms with van der Waals surface area (Å²) >= 11 is 10.9. The fraction of sp³-hybridized carbons (Fsp3) is 1.00. The quantitative estimate of drug-likeness (QED) is 0.492. The van der Waals surface area contributed by atoms with Crippen LogP contribution in [0, 0.1) is 0 Å². The maximum absolute atomic E-state index is 5.46. The molecule has 0 unspecified atom stereocenters. The van der Waals surface area contributed by atoms with Crippen molar-refractivity contribution in [2.45, 2.75) is 24.6 Å². The van der Waals surface area contributed by atoms with Gasteiger partial charge in [-0.1, -0.05) is 13.3 Å². The highest BCUT2D eigenvalue weighted by Crippen LogP contribution is 1.97. The van der Waals surface area contributed by atoms with Gasteiger partial charge < -0.3 is 5.32 Å². The molecule has 3 heteroatoms. The van der Waals surface area contributed by atoms with Gasteiger partial charge in [-0.3, -0.25) is 0 Å². The van der Waals surface area contributed by atoms with E-state index in [1.165, 1.54) is 12.8 Å². The van der Waals surface area contributed by atoms with Crippen molar-refractivity contribution in [3.63, 3.8) is 0 Å². The Balaban J connectivity index is 2.75. The summed E-state index contributed by atoms with van der Waals surface area (Å²) in [4.78, 5) is -0.262. The van der Waals surface area contributed by atoms with E-state index in [9.17, 15) is 0 Å². The minimum Gasteiger partial charge on any atom is -0.314 e. The first-order valence-electron chi connectivity index (χ1n) is 3.26. The Kier molecular flexibility index (Phi) is 7.06. The maximum atomic E-state index is 5.46. The number of hydrogen-bond acceptors (Lipinski definition) is 1. The summed E-state index contributed by atoms with van der Waals surface area (Å²) in [5.41, 5.74) is 0. The molecule has 0 bridgehead atoms. The zero-order valence-corrected chi connectivity index (χ0v) is 7.17. The molecule has 0 rings (SSSR count). The van der Waals surface area contributed by atoms with Gasteiger partial charge in [0.1, 0.15) is 4.84 Å². The molecular formula is C6H13Cl2N. The summed E-state index contributed by atoms with van der Waals surface area (Å²) < 4.78 is 0. The van der Waals surface area contributed by atoms with Gasteiger partial charge in [0.05, 0.1) is 0 Å². The third-order valence-corrected chi connectivity index (χ3v) is 1.31. The van der Waals surface area contributed by atoms with Crippen molar-refractivity contribution in [2.24, 2.45) is 0 Å². The first kappa shape index (κ1) is 9.54. The van der Waals surface area contributed by atoms with Crippen LogP contribution in [0.2, 0.25) is 0 Å². The van der Waals surface area contributed by atoms with Crippen LogP contribution in [-0.2, 0) is 0 Å². The van der Waals surface area contributed by atoms with Crippen LogP contribution in [0.5, 0.6) is 0 Å². The number of rotatable bonds is 5. The Hall–Kier alpha value is 0.540. The molecule has 0 spiro atoms. The lowest BCUT2D eigenvalue weighted by Crippen LogP contribution is -2.20. The highest BCUT2D eigenvalue weighted by Gasteiger charge is 1.94. The van der Waals surface area contributed by atoms with Crippen LogP contribution in [0.25, 0.3) is 0 Å². The Labute approximate surface area is 66.7 Å². The molecule has 0 atom stereocenters. The highest BCUT2D eigenvalue weighted by atomic mass is 35.5. The molecule has 1 N–H and O–H groups in total. The number of alkyl halides is 2. The van der Waals surface area contributed by atoms with Gasteiger partial charge >= 0.3 is 0 Å². The molecule has 0 aliphatic heterocycles. The van der Waals surface area contributed by atoms with Gasteiger partial charge in [0.25, 0.3) is 0 Å². The molecule has 0 fully saturated rings. The topological polar surface area (TPSA) is 12.0 Å². The first-order chi connectivity index (χ1) is 4.27. The smallest absolute Gasteiger partial charge is 0.120 e. The summed E-state index contributed by atoms with van der Waals surface area (Å²) in [6, 6.07) is 0. The van der Waals surface area contributed by atoms with Gasteiger partial charge in [-0.15, -0.1) is 23.2 Å². The van der Waals surface area contributed by atoms with Crippen molar-refractivity contribution >= 4 is 23.2 Å². The Morgan fingerprint density at radius 2 is 2.11 bits per heavy atom. The summed E-state index contributed by atoms with van der Waals surface area (Å²) in [5, 5.41) is 3.12. The molecular weight excluding hydrogens is 157 g/mol. The van der Waals surface area contributed by atoms with E-state index in [1.54, 1.807) is 0 Å². The van der Waals surface area contributed by atoms with E-state index in [-0.39, 0.29) is 4.84 Å². The normalized spacial score (nSPS) is 10.7. The predicted octanol–water partition coefficient (Wildman–Crippen LogP) is 2.18. The summed E-state index contributed by atoms with van der Waals surface area (Å²) in [6.45, 7) is 3.87. The Morgan fingerprint density at radius 1 is 1.44 bits per heavy atom. The van der Waals surface area contributed by atoms with Crippen molar-refractivity contribution in [1.29, 1.82) is 0 Å². The number of unbranched alkanes of at least 4 members (excludes halogenated alkanes) is 1. The van der Waals surface area contributed by atoms with Gasteiger partial charge in [0.15, 0.2) is 0 Å². The zero-order chi connectivity index (χ0) is 7.11. The van der Waals surface area contributed by atoms with Gasteiger partial charge in [-0.05, 0) is 13.0 Å². The van der Waals surface area contributed by atoms with E-state index < -0.39 is 0 Å². The van der Waals surface area contributed by atoms with E-state index >= 15 is 0 Å². The second-order valence-electron chi connectivity index (χ2n) is 1.95. The molecule has 0 aromatic rings. The summed E-state index contributed by atoms with van der Waals surface area (Å²) in [5.74, 6) is 0. The van der Waals surface area contributed by atoms with Crippen molar-refractivity contribution < 1.29 is 0 Å². The van der Waals surface area contributed by atoms with Crippen LogP contribution in [0.1, 0.15) is 19.8 Å². The predicted molar refractivity (Wildman–Crippen MR) is 43.3 cm³/mol. The fourth-order valence-corrected chi connectivity index (χ4v) is 0.731. The van der Waals surface area contributed by atoms with E-state index in [0.717, 1.165) is 6.54 Å². The van der Waals surface area contributed by atoms with Gasteiger partial charge in [-0.25, -0.2) is 0 Å². The lowest BCUT2D eigenvalue weighted by molar-refractivity contribution is 0.657. The van der Waals surface area contributed by atoms with Gasteiger partial charge in [0, 0.05) is 6.54 Å². The number of nitrogens with one attached hydrogen (secondary N) is 1. The van der Waals surface area contributed by atoms with Crippen LogP contribution in [-0.4, -0.2) is 17.9 Å². The Morgan fingerprint density at radius 3 is 2.56 bits per heavy atom. The minimum absolute atomic E-state index is 0.262. The average Bonchev–Trinajstić information content (AvgIpc) is 1.80. The van der Waals surface area contributed by atoms with Crippen LogP contribution in [0.3, 0.4) is 0 Å². The minimum atomic E-state index is -0.262. The molecule has 0 heterocycles. The second-order valence-corrected chi connectivity index (χ2v) is 3.23. The highest BCUT2D eigenvalue weighted by molar-refractivity contribution is 6.44. The van der Waals surface area contributed by atoms with E-state index in [0.29, 0.717) is 6.54 Å². The summed E-state index contributed by atoms with van der Waals surface area (Å²) in [6.07, 6.45) is 2.41. The van der Waals surface area contributed by atoms with E-state index in [4.69, 9.17) is 23.2 Å². The summed E-state index contributed by atoms with van der Waals surface area (Å²) in [7, 11) is 0.